The molecule has 124 valence electrons. The van der Waals surface area contributed by atoms with Crippen LogP contribution in [-0.4, -0.2) is 17.1 Å². The van der Waals surface area contributed by atoms with E-state index in [1.54, 1.807) is 7.11 Å². The lowest BCUT2D eigenvalue weighted by molar-refractivity contribution is 0.395. The second kappa shape index (κ2) is 6.48. The molecule has 4 heteroatoms. The number of ether oxygens (including phenoxy) is 1. The van der Waals surface area contributed by atoms with Crippen molar-refractivity contribution in [2.45, 2.75) is 34.1 Å². The SMILES string of the molecule is CCc1cc(/C=C/c2nc3c(C)ccc(C)c3o2)c(OC)nc1C. The van der Waals surface area contributed by atoms with Gasteiger partial charge < -0.3 is 9.15 Å². The van der Waals surface area contributed by atoms with Gasteiger partial charge in [-0.05, 0) is 56.0 Å². The Balaban J connectivity index is 2.02. The molecule has 24 heavy (non-hydrogen) atoms. The van der Waals surface area contributed by atoms with Gasteiger partial charge in [-0.15, -0.1) is 0 Å². The number of methoxy groups -OCH3 is 1. The van der Waals surface area contributed by atoms with Crippen LogP contribution in [0.25, 0.3) is 23.3 Å². The van der Waals surface area contributed by atoms with E-state index in [0.29, 0.717) is 11.8 Å². The standard InChI is InChI=1S/C20H22N2O2/c1-6-15-11-16(20(23-5)21-14(15)4)9-10-17-22-18-12(2)7-8-13(3)19(18)24-17/h7-11H,6H2,1-5H3/b10-9+. The predicted molar refractivity (Wildman–Crippen MR) is 97.3 cm³/mol. The van der Waals surface area contributed by atoms with Gasteiger partial charge in [-0.25, -0.2) is 9.97 Å². The quantitative estimate of drug-likeness (QED) is 0.686. The molecule has 0 saturated heterocycles. The molecule has 0 atom stereocenters. The Bertz CT molecular complexity index is 884. The molecule has 0 radical (unpaired) electrons. The Hall–Kier alpha value is -2.62. The van der Waals surface area contributed by atoms with Gasteiger partial charge in [0, 0.05) is 17.3 Å². The van der Waals surface area contributed by atoms with Crippen LogP contribution in [0.1, 0.15) is 40.8 Å². The number of aromatic nitrogens is 2. The Labute approximate surface area is 142 Å². The summed E-state index contributed by atoms with van der Waals surface area (Å²) in [4.78, 5) is 9.11. The van der Waals surface area contributed by atoms with Gasteiger partial charge in [0.15, 0.2) is 5.58 Å². The van der Waals surface area contributed by atoms with E-state index in [1.807, 2.05) is 32.9 Å². The minimum atomic E-state index is 0.586. The average Bonchev–Trinajstić information content (AvgIpc) is 3.02. The molecule has 3 rings (SSSR count). The molecule has 0 aliphatic rings. The molecule has 0 aliphatic heterocycles. The summed E-state index contributed by atoms with van der Waals surface area (Å²) >= 11 is 0. The number of hydrogen-bond acceptors (Lipinski definition) is 4. The minimum absolute atomic E-state index is 0.586. The van der Waals surface area contributed by atoms with Crippen LogP contribution in [-0.2, 0) is 6.42 Å². The van der Waals surface area contributed by atoms with Crippen LogP contribution < -0.4 is 4.74 Å². The lowest BCUT2D eigenvalue weighted by atomic mass is 10.1. The van der Waals surface area contributed by atoms with Crippen molar-refractivity contribution in [3.8, 4) is 5.88 Å². The van der Waals surface area contributed by atoms with Gasteiger partial charge >= 0.3 is 0 Å². The predicted octanol–water partition coefficient (Wildman–Crippen LogP) is 4.89. The van der Waals surface area contributed by atoms with E-state index in [0.717, 1.165) is 39.9 Å². The van der Waals surface area contributed by atoms with E-state index in [2.05, 4.69) is 35.1 Å². The first-order valence-electron chi connectivity index (χ1n) is 8.12. The van der Waals surface area contributed by atoms with Crippen molar-refractivity contribution in [2.24, 2.45) is 0 Å². The van der Waals surface area contributed by atoms with Crippen LogP contribution in [0.15, 0.2) is 22.6 Å². The van der Waals surface area contributed by atoms with Crippen molar-refractivity contribution in [2.75, 3.05) is 7.11 Å². The third-order valence-corrected chi connectivity index (χ3v) is 4.25. The second-order valence-electron chi connectivity index (χ2n) is 5.95. The van der Waals surface area contributed by atoms with E-state index in [4.69, 9.17) is 9.15 Å². The number of benzene rings is 1. The normalized spacial score (nSPS) is 11.5. The van der Waals surface area contributed by atoms with Crippen LogP contribution in [0.4, 0.5) is 0 Å². The monoisotopic (exact) mass is 322 g/mol. The highest BCUT2D eigenvalue weighted by atomic mass is 16.5. The molecule has 0 unspecified atom stereocenters. The zero-order valence-corrected chi connectivity index (χ0v) is 14.8. The zero-order valence-electron chi connectivity index (χ0n) is 14.8. The first kappa shape index (κ1) is 16.2. The van der Waals surface area contributed by atoms with Crippen LogP contribution in [0.2, 0.25) is 0 Å². The maximum atomic E-state index is 5.90. The highest BCUT2D eigenvalue weighted by molar-refractivity contribution is 5.81. The Morgan fingerprint density at radius 1 is 1.08 bits per heavy atom. The number of fused-ring (bicyclic) bond motifs is 1. The van der Waals surface area contributed by atoms with E-state index < -0.39 is 0 Å². The lowest BCUT2D eigenvalue weighted by Crippen LogP contribution is -1.97. The molecule has 0 N–H and O–H groups in total. The van der Waals surface area contributed by atoms with Gasteiger partial charge in [-0.2, -0.15) is 0 Å². The second-order valence-corrected chi connectivity index (χ2v) is 5.95. The average molecular weight is 322 g/mol. The molecule has 0 bridgehead atoms. The topological polar surface area (TPSA) is 48.2 Å². The minimum Gasteiger partial charge on any atom is -0.481 e. The number of hydrogen-bond donors (Lipinski definition) is 0. The first-order valence-corrected chi connectivity index (χ1v) is 8.12. The van der Waals surface area contributed by atoms with E-state index in [1.165, 1.54) is 5.56 Å². The van der Waals surface area contributed by atoms with E-state index in [9.17, 15) is 0 Å². The van der Waals surface area contributed by atoms with Gasteiger partial charge in [0.25, 0.3) is 0 Å². The fraction of sp³-hybridized carbons (Fsp3) is 0.300. The van der Waals surface area contributed by atoms with Crippen molar-refractivity contribution in [3.63, 3.8) is 0 Å². The summed E-state index contributed by atoms with van der Waals surface area (Å²) < 4.78 is 11.3. The molecule has 0 fully saturated rings. The largest absolute Gasteiger partial charge is 0.481 e. The number of aryl methyl sites for hydroxylation is 4. The van der Waals surface area contributed by atoms with Crippen LogP contribution >= 0.6 is 0 Å². The first-order chi connectivity index (χ1) is 11.5. The summed E-state index contributed by atoms with van der Waals surface area (Å²) in [6.45, 7) is 8.19. The summed E-state index contributed by atoms with van der Waals surface area (Å²) in [5.74, 6) is 1.20. The Kier molecular flexibility index (Phi) is 4.38. The van der Waals surface area contributed by atoms with E-state index in [-0.39, 0.29) is 0 Å². The van der Waals surface area contributed by atoms with Gasteiger partial charge in [0.2, 0.25) is 11.8 Å². The van der Waals surface area contributed by atoms with Gasteiger partial charge in [-0.1, -0.05) is 19.1 Å². The third kappa shape index (κ3) is 2.92. The smallest absolute Gasteiger partial charge is 0.220 e. The van der Waals surface area contributed by atoms with Crippen molar-refractivity contribution in [1.82, 2.24) is 9.97 Å². The Morgan fingerprint density at radius 2 is 1.83 bits per heavy atom. The van der Waals surface area contributed by atoms with Crippen molar-refractivity contribution < 1.29 is 9.15 Å². The fourth-order valence-corrected chi connectivity index (χ4v) is 2.79. The van der Waals surface area contributed by atoms with Crippen molar-refractivity contribution >= 4 is 23.3 Å². The highest BCUT2D eigenvalue weighted by Crippen LogP contribution is 2.25. The van der Waals surface area contributed by atoms with Gasteiger partial charge in [0.05, 0.1) is 7.11 Å². The molecular formula is C20H22N2O2. The van der Waals surface area contributed by atoms with Crippen molar-refractivity contribution in [1.29, 1.82) is 0 Å². The molecule has 3 aromatic rings. The highest BCUT2D eigenvalue weighted by Gasteiger charge is 2.10. The fourth-order valence-electron chi connectivity index (χ4n) is 2.79. The lowest BCUT2D eigenvalue weighted by Gasteiger charge is -2.08. The number of pyridine rings is 1. The van der Waals surface area contributed by atoms with Crippen LogP contribution in [0.3, 0.4) is 0 Å². The number of nitrogens with zero attached hydrogens (tertiary/aromatic N) is 2. The van der Waals surface area contributed by atoms with E-state index >= 15 is 0 Å². The molecule has 0 aliphatic carbocycles. The summed E-state index contributed by atoms with van der Waals surface area (Å²) in [7, 11) is 1.64. The maximum absolute atomic E-state index is 5.90. The molecule has 2 heterocycles. The number of rotatable bonds is 4. The van der Waals surface area contributed by atoms with Crippen LogP contribution in [0, 0.1) is 20.8 Å². The number of oxazole rings is 1. The molecule has 0 amide bonds. The molecule has 0 spiro atoms. The summed E-state index contributed by atoms with van der Waals surface area (Å²) in [6.07, 6.45) is 4.75. The zero-order chi connectivity index (χ0) is 17.3. The summed E-state index contributed by atoms with van der Waals surface area (Å²) in [5.41, 5.74) is 7.10. The van der Waals surface area contributed by atoms with Gasteiger partial charge in [0.1, 0.15) is 5.52 Å². The van der Waals surface area contributed by atoms with Crippen LogP contribution in [0.5, 0.6) is 5.88 Å². The maximum Gasteiger partial charge on any atom is 0.220 e. The third-order valence-electron chi connectivity index (χ3n) is 4.25. The molecule has 4 nitrogen and oxygen atoms in total. The molecule has 2 aromatic heterocycles. The molecule has 0 saturated carbocycles. The van der Waals surface area contributed by atoms with Gasteiger partial charge in [-0.3, -0.25) is 0 Å². The molecule has 1 aromatic carbocycles. The summed E-state index contributed by atoms with van der Waals surface area (Å²) in [6, 6.07) is 6.22. The Morgan fingerprint density at radius 3 is 2.50 bits per heavy atom. The summed E-state index contributed by atoms with van der Waals surface area (Å²) in [5, 5.41) is 0. The molecular weight excluding hydrogens is 300 g/mol. The van der Waals surface area contributed by atoms with Crippen molar-refractivity contribution in [3.05, 3.63) is 52.0 Å².